The fourth-order valence-electron chi connectivity index (χ4n) is 3.66. The van der Waals surface area contributed by atoms with Crippen LogP contribution in [0.4, 0.5) is 4.79 Å². The van der Waals surface area contributed by atoms with Gasteiger partial charge in [-0.2, -0.15) is 0 Å². The van der Waals surface area contributed by atoms with E-state index in [1.807, 2.05) is 31.7 Å². The Kier molecular flexibility index (Phi) is 4.17. The van der Waals surface area contributed by atoms with Crippen molar-refractivity contribution in [2.45, 2.75) is 45.6 Å². The van der Waals surface area contributed by atoms with Crippen LogP contribution in [-0.2, 0) is 11.2 Å². The molecule has 1 amide bonds. The topological polar surface area (TPSA) is 41.9 Å². The minimum absolute atomic E-state index is 0.0178. The van der Waals surface area contributed by atoms with Crippen LogP contribution < -0.4 is 0 Å². The number of rotatable bonds is 0. The summed E-state index contributed by atoms with van der Waals surface area (Å²) in [6.07, 6.45) is 2.58. The van der Waals surface area contributed by atoms with Gasteiger partial charge in [0.05, 0.1) is 5.71 Å². The van der Waals surface area contributed by atoms with Gasteiger partial charge in [-0.15, -0.1) is 0 Å². The van der Waals surface area contributed by atoms with Gasteiger partial charge in [0.1, 0.15) is 5.60 Å². The zero-order chi connectivity index (χ0) is 16.7. The number of thiol groups is 1. The number of benzene rings is 1. The number of nitrogens with zero attached hydrogens (tertiary/aromatic N) is 2. The maximum Gasteiger partial charge on any atom is 0.410 e. The Hall–Kier alpha value is -1.49. The van der Waals surface area contributed by atoms with Crippen LogP contribution in [0.25, 0.3) is 0 Å². The average molecular weight is 332 g/mol. The van der Waals surface area contributed by atoms with Crippen LogP contribution in [-0.4, -0.2) is 35.4 Å². The van der Waals surface area contributed by atoms with Gasteiger partial charge >= 0.3 is 6.09 Å². The van der Waals surface area contributed by atoms with Gasteiger partial charge in [-0.05, 0) is 58.4 Å². The fourth-order valence-corrected chi connectivity index (χ4v) is 3.98. The van der Waals surface area contributed by atoms with E-state index in [4.69, 9.17) is 4.74 Å². The number of carbonyl (C=O) groups excluding carboxylic acids is 1. The molecule has 0 aromatic heterocycles. The van der Waals surface area contributed by atoms with Crippen molar-refractivity contribution in [2.75, 3.05) is 13.1 Å². The summed E-state index contributed by atoms with van der Waals surface area (Å²) in [5.74, 6) is 0. The first-order valence-electron chi connectivity index (χ1n) is 8.13. The predicted octanol–water partition coefficient (Wildman–Crippen LogP) is 3.89. The SMILES string of the molecule is CC(C)(C)OC(=O)N1CCC2(CC1)Cc1ccccc1/C2=N\S. The first-order chi connectivity index (χ1) is 10.8. The van der Waals surface area contributed by atoms with Crippen molar-refractivity contribution >= 4 is 24.6 Å². The Morgan fingerprint density at radius 1 is 1.26 bits per heavy atom. The zero-order valence-corrected chi connectivity index (χ0v) is 14.9. The smallest absolute Gasteiger partial charge is 0.410 e. The molecule has 0 radical (unpaired) electrons. The number of likely N-dealkylation sites (tertiary alicyclic amines) is 1. The maximum absolute atomic E-state index is 12.2. The van der Waals surface area contributed by atoms with Gasteiger partial charge in [-0.3, -0.25) is 0 Å². The van der Waals surface area contributed by atoms with Gasteiger partial charge in [-0.25, -0.2) is 9.19 Å². The van der Waals surface area contributed by atoms with E-state index in [0.717, 1.165) is 25.0 Å². The van der Waals surface area contributed by atoms with E-state index in [9.17, 15) is 4.79 Å². The van der Waals surface area contributed by atoms with E-state index in [-0.39, 0.29) is 11.5 Å². The molecule has 1 aliphatic heterocycles. The molecule has 5 heteroatoms. The summed E-state index contributed by atoms with van der Waals surface area (Å²) >= 11 is 4.23. The van der Waals surface area contributed by atoms with Crippen LogP contribution in [0.3, 0.4) is 0 Å². The van der Waals surface area contributed by atoms with Crippen molar-refractivity contribution in [3.63, 3.8) is 0 Å². The molecule has 1 aromatic rings. The normalized spacial score (nSPS) is 21.6. The monoisotopic (exact) mass is 332 g/mol. The number of ether oxygens (including phenoxy) is 1. The molecule has 0 atom stereocenters. The molecule has 124 valence electrons. The zero-order valence-electron chi connectivity index (χ0n) is 14.0. The van der Waals surface area contributed by atoms with E-state index in [1.165, 1.54) is 11.1 Å². The Morgan fingerprint density at radius 2 is 1.91 bits per heavy atom. The lowest BCUT2D eigenvalue weighted by Gasteiger charge is -2.39. The molecule has 1 aliphatic carbocycles. The van der Waals surface area contributed by atoms with E-state index in [0.29, 0.717) is 13.1 Å². The van der Waals surface area contributed by atoms with Crippen molar-refractivity contribution < 1.29 is 9.53 Å². The molecule has 0 unspecified atom stereocenters. The molecule has 23 heavy (non-hydrogen) atoms. The second-order valence-corrected chi connectivity index (χ2v) is 7.73. The highest BCUT2D eigenvalue weighted by atomic mass is 32.1. The molecule has 1 fully saturated rings. The molecular formula is C18H24N2O2S. The number of fused-ring (bicyclic) bond motifs is 1. The molecular weight excluding hydrogens is 308 g/mol. The highest BCUT2D eigenvalue weighted by Crippen LogP contribution is 2.45. The average Bonchev–Trinajstić information content (AvgIpc) is 2.78. The Bertz CT molecular complexity index is 641. The lowest BCUT2D eigenvalue weighted by atomic mass is 9.74. The lowest BCUT2D eigenvalue weighted by Crippen LogP contribution is -2.47. The van der Waals surface area contributed by atoms with E-state index in [1.54, 1.807) is 0 Å². The fraction of sp³-hybridized carbons (Fsp3) is 0.556. The highest BCUT2D eigenvalue weighted by Gasteiger charge is 2.46. The van der Waals surface area contributed by atoms with E-state index < -0.39 is 5.60 Å². The Labute approximate surface area is 143 Å². The largest absolute Gasteiger partial charge is 0.444 e. The van der Waals surface area contributed by atoms with Crippen molar-refractivity contribution in [2.24, 2.45) is 9.81 Å². The number of hydrogen-bond donors (Lipinski definition) is 1. The van der Waals surface area contributed by atoms with Crippen molar-refractivity contribution in [3.8, 4) is 0 Å². The Morgan fingerprint density at radius 3 is 2.52 bits per heavy atom. The summed E-state index contributed by atoms with van der Waals surface area (Å²) in [5, 5.41) is 0. The van der Waals surface area contributed by atoms with Gasteiger partial charge in [0.2, 0.25) is 0 Å². The molecule has 3 rings (SSSR count). The lowest BCUT2D eigenvalue weighted by molar-refractivity contribution is 0.0159. The van der Waals surface area contributed by atoms with Gasteiger partial charge in [0, 0.05) is 24.1 Å². The second-order valence-electron chi connectivity index (χ2n) is 7.53. The quantitative estimate of drug-likeness (QED) is 0.732. The molecule has 0 N–H and O–H groups in total. The van der Waals surface area contributed by atoms with Crippen LogP contribution in [0.5, 0.6) is 0 Å². The highest BCUT2D eigenvalue weighted by molar-refractivity contribution is 7.79. The van der Waals surface area contributed by atoms with Crippen LogP contribution in [0.1, 0.15) is 44.7 Å². The summed E-state index contributed by atoms with van der Waals surface area (Å²) < 4.78 is 9.80. The standard InChI is InChI=1S/C18H24N2O2S/c1-17(2,3)22-16(21)20-10-8-18(9-11-20)12-13-6-4-5-7-14(13)15(18)19-23/h4-7,23H,8-12H2,1-3H3/b19-15+. The van der Waals surface area contributed by atoms with Gasteiger partial charge in [0.25, 0.3) is 0 Å². The number of hydrogen-bond acceptors (Lipinski definition) is 4. The molecule has 1 heterocycles. The first kappa shape index (κ1) is 16.4. The molecule has 1 aromatic carbocycles. The minimum atomic E-state index is -0.451. The predicted molar refractivity (Wildman–Crippen MR) is 95.1 cm³/mol. The number of piperidine rings is 1. The molecule has 1 saturated heterocycles. The number of carbonyl (C=O) groups is 1. The summed E-state index contributed by atoms with van der Waals surface area (Å²) in [4.78, 5) is 14.1. The van der Waals surface area contributed by atoms with Gasteiger partial charge < -0.3 is 9.64 Å². The van der Waals surface area contributed by atoms with Crippen LogP contribution in [0.2, 0.25) is 0 Å². The van der Waals surface area contributed by atoms with Crippen LogP contribution in [0, 0.1) is 5.41 Å². The third-order valence-electron chi connectivity index (χ3n) is 4.78. The molecule has 0 saturated carbocycles. The second kappa shape index (κ2) is 5.86. The molecule has 0 bridgehead atoms. The molecule has 2 aliphatic rings. The van der Waals surface area contributed by atoms with Crippen molar-refractivity contribution in [3.05, 3.63) is 35.4 Å². The van der Waals surface area contributed by atoms with Crippen LogP contribution in [0.15, 0.2) is 28.7 Å². The van der Waals surface area contributed by atoms with Gasteiger partial charge in [-0.1, -0.05) is 24.3 Å². The third-order valence-corrected chi connectivity index (χ3v) is 4.98. The first-order valence-corrected chi connectivity index (χ1v) is 8.53. The van der Waals surface area contributed by atoms with Crippen molar-refractivity contribution in [1.82, 2.24) is 4.90 Å². The Balaban J connectivity index is 1.73. The van der Waals surface area contributed by atoms with E-state index in [2.05, 4.69) is 35.4 Å². The summed E-state index contributed by atoms with van der Waals surface area (Å²) in [7, 11) is 0. The number of amides is 1. The van der Waals surface area contributed by atoms with E-state index >= 15 is 0 Å². The van der Waals surface area contributed by atoms with Gasteiger partial charge in [0.15, 0.2) is 0 Å². The summed E-state index contributed by atoms with van der Waals surface area (Å²) in [6, 6.07) is 8.42. The maximum atomic E-state index is 12.2. The minimum Gasteiger partial charge on any atom is -0.444 e. The molecule has 4 nitrogen and oxygen atoms in total. The summed E-state index contributed by atoms with van der Waals surface area (Å²) in [6.45, 7) is 7.10. The third kappa shape index (κ3) is 3.11. The van der Waals surface area contributed by atoms with Crippen molar-refractivity contribution in [1.29, 1.82) is 0 Å². The van der Waals surface area contributed by atoms with Crippen LogP contribution >= 0.6 is 12.8 Å². The molecule has 1 spiro atoms. The summed E-state index contributed by atoms with van der Waals surface area (Å²) in [5.41, 5.74) is 3.21.